The molecule has 3 heterocycles. The van der Waals surface area contributed by atoms with Crippen molar-refractivity contribution >= 4 is 22.9 Å². The molecule has 26 heavy (non-hydrogen) atoms. The number of nitrogens with zero attached hydrogens (tertiary/aromatic N) is 4. The lowest BCUT2D eigenvalue weighted by atomic mass is 10.1. The second-order valence-electron chi connectivity index (χ2n) is 6.80. The molecule has 2 fully saturated rings. The summed E-state index contributed by atoms with van der Waals surface area (Å²) in [7, 11) is 1.70. The topological polar surface area (TPSA) is 138 Å². The number of aliphatic hydroxyl groups excluding tert-OH is 3. The Balaban J connectivity index is 1.75. The Morgan fingerprint density at radius 3 is 2.65 bits per heavy atom. The number of rotatable bonds is 5. The molecule has 0 spiro atoms. The van der Waals surface area contributed by atoms with E-state index in [-0.39, 0.29) is 6.61 Å². The van der Waals surface area contributed by atoms with E-state index < -0.39 is 24.5 Å². The van der Waals surface area contributed by atoms with Crippen LogP contribution in [0.4, 0.5) is 11.8 Å². The van der Waals surface area contributed by atoms with Gasteiger partial charge in [0.1, 0.15) is 24.6 Å². The molecule has 0 amide bonds. The van der Waals surface area contributed by atoms with Crippen LogP contribution >= 0.6 is 0 Å². The fraction of sp³-hybridized carbons (Fsp3) is 0.688. The predicted molar refractivity (Wildman–Crippen MR) is 93.8 cm³/mol. The molecule has 5 N–H and O–H groups in total. The third kappa shape index (κ3) is 2.78. The zero-order valence-corrected chi connectivity index (χ0v) is 14.5. The Morgan fingerprint density at radius 2 is 2.00 bits per heavy atom. The number of fused-ring (bicyclic) bond motifs is 1. The summed E-state index contributed by atoms with van der Waals surface area (Å²) in [6, 6.07) is 0.366. The molecule has 1 aliphatic heterocycles. The highest BCUT2D eigenvalue weighted by Gasteiger charge is 2.45. The molecule has 0 radical (unpaired) electrons. The van der Waals surface area contributed by atoms with Crippen molar-refractivity contribution in [1.82, 2.24) is 19.5 Å². The monoisotopic (exact) mass is 364 g/mol. The third-order valence-electron chi connectivity index (χ3n) is 5.17. The minimum atomic E-state index is -1.21. The van der Waals surface area contributed by atoms with Crippen molar-refractivity contribution in [1.29, 1.82) is 0 Å². The van der Waals surface area contributed by atoms with E-state index in [1.807, 2.05) is 0 Å². The number of aromatic nitrogens is 4. The van der Waals surface area contributed by atoms with Crippen LogP contribution in [0.3, 0.4) is 0 Å². The maximum absolute atomic E-state index is 10.4. The Kier molecular flexibility index (Phi) is 4.65. The predicted octanol–water partition coefficient (Wildman–Crippen LogP) is -0.166. The lowest BCUT2D eigenvalue weighted by molar-refractivity contribution is -0.0501. The van der Waals surface area contributed by atoms with Gasteiger partial charge in [-0.25, -0.2) is 15.0 Å². The molecular weight excluding hydrogens is 340 g/mol. The molecule has 1 saturated heterocycles. The maximum Gasteiger partial charge on any atom is 0.207 e. The molecule has 0 aromatic carbocycles. The van der Waals surface area contributed by atoms with Crippen LogP contribution in [0.2, 0.25) is 0 Å². The maximum atomic E-state index is 10.4. The SMILES string of the molecule is CNc1nc2c(NC3CCCC3)ncnc2n1[C@@H]1O[C@H](CO)[C@@H](O)[C@H]1O. The van der Waals surface area contributed by atoms with Crippen molar-refractivity contribution in [2.45, 2.75) is 56.3 Å². The van der Waals surface area contributed by atoms with Crippen molar-refractivity contribution in [3.05, 3.63) is 6.33 Å². The van der Waals surface area contributed by atoms with Crippen LogP contribution < -0.4 is 10.6 Å². The van der Waals surface area contributed by atoms with Crippen LogP contribution in [0, 0.1) is 0 Å². The van der Waals surface area contributed by atoms with Crippen LogP contribution in [-0.4, -0.2) is 72.8 Å². The number of hydrogen-bond acceptors (Lipinski definition) is 9. The first-order chi connectivity index (χ1) is 12.6. The van der Waals surface area contributed by atoms with Gasteiger partial charge in [0.15, 0.2) is 23.2 Å². The van der Waals surface area contributed by atoms with E-state index in [2.05, 4.69) is 25.6 Å². The van der Waals surface area contributed by atoms with Gasteiger partial charge in [0.05, 0.1) is 6.61 Å². The number of aliphatic hydroxyl groups is 3. The zero-order valence-electron chi connectivity index (χ0n) is 14.5. The molecule has 1 saturated carbocycles. The normalized spacial score (nSPS) is 29.5. The van der Waals surface area contributed by atoms with Crippen molar-refractivity contribution in [3.63, 3.8) is 0 Å². The highest BCUT2D eigenvalue weighted by molar-refractivity contribution is 5.85. The fourth-order valence-corrected chi connectivity index (χ4v) is 3.79. The van der Waals surface area contributed by atoms with Gasteiger partial charge in [0.2, 0.25) is 5.95 Å². The Hall–Kier alpha value is -2.01. The molecule has 4 atom stereocenters. The summed E-state index contributed by atoms with van der Waals surface area (Å²) in [5.41, 5.74) is 1.06. The van der Waals surface area contributed by atoms with E-state index in [1.165, 1.54) is 19.2 Å². The molecule has 2 aromatic heterocycles. The number of ether oxygens (including phenoxy) is 1. The van der Waals surface area contributed by atoms with Gasteiger partial charge in [0.25, 0.3) is 0 Å². The summed E-state index contributed by atoms with van der Waals surface area (Å²) in [6.07, 6.45) is 1.86. The van der Waals surface area contributed by atoms with Gasteiger partial charge in [0, 0.05) is 13.1 Å². The quantitative estimate of drug-likeness (QED) is 0.490. The fourth-order valence-electron chi connectivity index (χ4n) is 3.79. The molecule has 1 aliphatic carbocycles. The zero-order chi connectivity index (χ0) is 18.3. The summed E-state index contributed by atoms with van der Waals surface area (Å²) < 4.78 is 7.25. The highest BCUT2D eigenvalue weighted by atomic mass is 16.6. The largest absolute Gasteiger partial charge is 0.394 e. The highest BCUT2D eigenvalue weighted by Crippen LogP contribution is 2.35. The van der Waals surface area contributed by atoms with Crippen molar-refractivity contribution in [2.75, 3.05) is 24.3 Å². The standard InChI is InChI=1S/C16H24N6O4/c1-17-16-21-10-13(20-8-4-2-3-5-8)18-7-19-14(10)22(16)15-12(25)11(24)9(6-23)26-15/h7-9,11-12,15,23-25H,2-6H2,1H3,(H,17,21)(H,18,19,20)/t9-,11-,12-,15-/m1/s1. The van der Waals surface area contributed by atoms with Crippen LogP contribution in [-0.2, 0) is 4.74 Å². The number of hydrogen-bond donors (Lipinski definition) is 5. The van der Waals surface area contributed by atoms with E-state index in [4.69, 9.17) is 4.74 Å². The van der Waals surface area contributed by atoms with Gasteiger partial charge in [-0.05, 0) is 12.8 Å². The van der Waals surface area contributed by atoms with E-state index in [1.54, 1.807) is 11.6 Å². The molecule has 4 rings (SSSR count). The summed E-state index contributed by atoms with van der Waals surface area (Å²) in [5, 5.41) is 36.2. The summed E-state index contributed by atoms with van der Waals surface area (Å²) >= 11 is 0. The van der Waals surface area contributed by atoms with Crippen LogP contribution in [0.25, 0.3) is 11.2 Å². The second-order valence-corrected chi connectivity index (χ2v) is 6.80. The summed E-state index contributed by atoms with van der Waals surface area (Å²) in [5.74, 6) is 1.08. The van der Waals surface area contributed by atoms with E-state index in [0.29, 0.717) is 29.0 Å². The molecule has 10 nitrogen and oxygen atoms in total. The Labute approximate surface area is 150 Å². The summed E-state index contributed by atoms with van der Waals surface area (Å²) in [6.45, 7) is -0.389. The minimum Gasteiger partial charge on any atom is -0.394 e. The van der Waals surface area contributed by atoms with Crippen LogP contribution in [0.1, 0.15) is 31.9 Å². The molecule has 0 unspecified atom stereocenters. The molecule has 142 valence electrons. The second kappa shape index (κ2) is 6.95. The van der Waals surface area contributed by atoms with Gasteiger partial charge in [-0.3, -0.25) is 4.57 Å². The van der Waals surface area contributed by atoms with Crippen molar-refractivity contribution < 1.29 is 20.1 Å². The smallest absolute Gasteiger partial charge is 0.207 e. The van der Waals surface area contributed by atoms with Crippen molar-refractivity contribution in [2.24, 2.45) is 0 Å². The van der Waals surface area contributed by atoms with E-state index >= 15 is 0 Å². The van der Waals surface area contributed by atoms with Gasteiger partial charge in [-0.1, -0.05) is 12.8 Å². The first-order valence-corrected chi connectivity index (χ1v) is 8.93. The first-order valence-electron chi connectivity index (χ1n) is 8.93. The van der Waals surface area contributed by atoms with Gasteiger partial charge < -0.3 is 30.7 Å². The number of nitrogens with one attached hydrogen (secondary N) is 2. The molecule has 0 bridgehead atoms. The van der Waals surface area contributed by atoms with Gasteiger partial charge >= 0.3 is 0 Å². The number of imidazole rings is 1. The Bertz CT molecular complexity index is 777. The van der Waals surface area contributed by atoms with E-state index in [9.17, 15) is 15.3 Å². The Morgan fingerprint density at radius 1 is 1.23 bits per heavy atom. The van der Waals surface area contributed by atoms with Gasteiger partial charge in [-0.15, -0.1) is 0 Å². The van der Waals surface area contributed by atoms with Crippen LogP contribution in [0.15, 0.2) is 6.33 Å². The van der Waals surface area contributed by atoms with E-state index in [0.717, 1.165) is 12.8 Å². The summed E-state index contributed by atoms with van der Waals surface area (Å²) in [4.78, 5) is 13.2. The molecule has 10 heteroatoms. The van der Waals surface area contributed by atoms with Gasteiger partial charge in [-0.2, -0.15) is 0 Å². The average molecular weight is 364 g/mol. The third-order valence-corrected chi connectivity index (χ3v) is 5.17. The average Bonchev–Trinajstić information content (AvgIpc) is 3.35. The molecular formula is C16H24N6O4. The first kappa shape index (κ1) is 17.4. The lowest BCUT2D eigenvalue weighted by Crippen LogP contribution is -2.33. The molecule has 2 aromatic rings. The lowest BCUT2D eigenvalue weighted by Gasteiger charge is -2.19. The number of anilines is 2. The van der Waals surface area contributed by atoms with Crippen molar-refractivity contribution in [3.8, 4) is 0 Å². The molecule has 2 aliphatic rings. The minimum absolute atomic E-state index is 0.366. The van der Waals surface area contributed by atoms with Crippen LogP contribution in [0.5, 0.6) is 0 Å².